The summed E-state index contributed by atoms with van der Waals surface area (Å²) in [5.41, 5.74) is 1.10. The van der Waals surface area contributed by atoms with E-state index in [1.165, 1.54) is 7.11 Å². The van der Waals surface area contributed by atoms with Gasteiger partial charge in [0.15, 0.2) is 0 Å². The predicted octanol–water partition coefficient (Wildman–Crippen LogP) is 1.52. The van der Waals surface area contributed by atoms with E-state index in [0.717, 1.165) is 11.3 Å². The maximum atomic E-state index is 10.9. The monoisotopic (exact) mass is 223 g/mol. The lowest BCUT2D eigenvalue weighted by atomic mass is 10.1. The van der Waals surface area contributed by atoms with Crippen LogP contribution in [0.2, 0.25) is 0 Å². The Balaban J connectivity index is 2.52. The molecule has 0 radical (unpaired) electrons. The van der Waals surface area contributed by atoms with E-state index in [1.807, 2.05) is 31.2 Å². The van der Waals surface area contributed by atoms with Crippen LogP contribution in [0.4, 0.5) is 0 Å². The number of carbonyl (C=O) groups is 1. The van der Waals surface area contributed by atoms with Crippen LogP contribution in [0.5, 0.6) is 5.75 Å². The van der Waals surface area contributed by atoms with E-state index >= 15 is 0 Å². The Bertz CT molecular complexity index is 335. The third kappa shape index (κ3) is 3.55. The summed E-state index contributed by atoms with van der Waals surface area (Å²) >= 11 is 0. The molecule has 16 heavy (non-hydrogen) atoms. The molecule has 1 N–H and O–H groups in total. The molecule has 0 aromatic heterocycles. The Hall–Kier alpha value is -1.55. The molecule has 4 nitrogen and oxygen atoms in total. The van der Waals surface area contributed by atoms with Crippen LogP contribution in [0.25, 0.3) is 0 Å². The van der Waals surface area contributed by atoms with Crippen LogP contribution in [-0.4, -0.2) is 26.7 Å². The maximum absolute atomic E-state index is 10.9. The van der Waals surface area contributed by atoms with Crippen molar-refractivity contribution < 1.29 is 14.3 Å². The summed E-state index contributed by atoms with van der Waals surface area (Å²) in [5.74, 6) is 0.560. The molecule has 0 aliphatic rings. The highest BCUT2D eigenvalue weighted by Crippen LogP contribution is 2.16. The Labute approximate surface area is 95.6 Å². The summed E-state index contributed by atoms with van der Waals surface area (Å²) in [7, 11) is 3.01. The van der Waals surface area contributed by atoms with Crippen molar-refractivity contribution in [2.45, 2.75) is 13.0 Å². The zero-order valence-corrected chi connectivity index (χ0v) is 9.82. The van der Waals surface area contributed by atoms with Crippen molar-refractivity contribution in [3.05, 3.63) is 29.8 Å². The fourth-order valence-corrected chi connectivity index (χ4v) is 1.32. The molecule has 0 saturated heterocycles. The lowest BCUT2D eigenvalue weighted by Gasteiger charge is -2.13. The Morgan fingerprint density at radius 3 is 2.44 bits per heavy atom. The number of carbonyl (C=O) groups excluding carboxylic acids is 1. The molecule has 88 valence electrons. The molecule has 1 atom stereocenters. The molecule has 0 bridgehead atoms. The van der Waals surface area contributed by atoms with E-state index in [-0.39, 0.29) is 18.6 Å². The van der Waals surface area contributed by atoms with Gasteiger partial charge in [0.2, 0.25) is 0 Å². The zero-order chi connectivity index (χ0) is 12.0. The molecule has 0 spiro atoms. The molecule has 1 rings (SSSR count). The number of esters is 1. The van der Waals surface area contributed by atoms with Gasteiger partial charge in [-0.25, -0.2) is 0 Å². The Kier molecular flexibility index (Phi) is 4.79. The number of methoxy groups -OCH3 is 2. The lowest BCUT2D eigenvalue weighted by molar-refractivity contribution is -0.139. The Morgan fingerprint density at radius 1 is 1.31 bits per heavy atom. The van der Waals surface area contributed by atoms with Gasteiger partial charge in [-0.1, -0.05) is 12.1 Å². The number of hydrogen-bond donors (Lipinski definition) is 1. The molecule has 4 heteroatoms. The molecule has 0 unspecified atom stereocenters. The first-order valence-electron chi connectivity index (χ1n) is 5.11. The van der Waals surface area contributed by atoms with Crippen LogP contribution in [0.3, 0.4) is 0 Å². The number of ether oxygens (including phenoxy) is 2. The van der Waals surface area contributed by atoms with E-state index in [0.29, 0.717) is 0 Å². The fourth-order valence-electron chi connectivity index (χ4n) is 1.32. The van der Waals surface area contributed by atoms with Crippen molar-refractivity contribution in [1.82, 2.24) is 5.32 Å². The van der Waals surface area contributed by atoms with Gasteiger partial charge >= 0.3 is 5.97 Å². The minimum atomic E-state index is -0.264. The summed E-state index contributed by atoms with van der Waals surface area (Å²) in [6.07, 6.45) is 0. The van der Waals surface area contributed by atoms with Crippen LogP contribution >= 0.6 is 0 Å². The third-order valence-corrected chi connectivity index (χ3v) is 2.40. The van der Waals surface area contributed by atoms with Gasteiger partial charge in [-0.2, -0.15) is 0 Å². The van der Waals surface area contributed by atoms with Gasteiger partial charge in [0.05, 0.1) is 20.8 Å². The van der Waals surface area contributed by atoms with E-state index in [9.17, 15) is 4.79 Å². The smallest absolute Gasteiger partial charge is 0.319 e. The van der Waals surface area contributed by atoms with Crippen LogP contribution in [0, 0.1) is 0 Å². The largest absolute Gasteiger partial charge is 0.497 e. The molecule has 0 heterocycles. The zero-order valence-electron chi connectivity index (χ0n) is 9.82. The minimum absolute atomic E-state index is 0.102. The number of nitrogens with one attached hydrogen (secondary N) is 1. The molecule has 1 aromatic rings. The minimum Gasteiger partial charge on any atom is -0.497 e. The molecule has 0 fully saturated rings. The van der Waals surface area contributed by atoms with Gasteiger partial charge in [0, 0.05) is 6.04 Å². The first-order valence-corrected chi connectivity index (χ1v) is 5.11. The highest BCUT2D eigenvalue weighted by molar-refractivity contribution is 5.71. The highest BCUT2D eigenvalue weighted by Gasteiger charge is 2.07. The second-order valence-corrected chi connectivity index (χ2v) is 3.45. The first kappa shape index (κ1) is 12.5. The molecular weight excluding hydrogens is 206 g/mol. The van der Waals surface area contributed by atoms with Gasteiger partial charge in [0.1, 0.15) is 5.75 Å². The summed E-state index contributed by atoms with van der Waals surface area (Å²) in [6.45, 7) is 2.20. The van der Waals surface area contributed by atoms with Crippen molar-refractivity contribution in [3.63, 3.8) is 0 Å². The van der Waals surface area contributed by atoms with Crippen LogP contribution in [-0.2, 0) is 9.53 Å². The van der Waals surface area contributed by atoms with Gasteiger partial charge in [-0.05, 0) is 24.6 Å². The highest BCUT2D eigenvalue weighted by atomic mass is 16.5. The molecule has 1 aromatic carbocycles. The molecule has 0 aliphatic carbocycles. The van der Waals surface area contributed by atoms with E-state index < -0.39 is 0 Å². The second-order valence-electron chi connectivity index (χ2n) is 3.45. The first-order chi connectivity index (χ1) is 7.67. The molecule has 0 aliphatic heterocycles. The van der Waals surface area contributed by atoms with Crippen LogP contribution < -0.4 is 10.1 Å². The number of hydrogen-bond acceptors (Lipinski definition) is 4. The third-order valence-electron chi connectivity index (χ3n) is 2.40. The summed E-state index contributed by atoms with van der Waals surface area (Å²) < 4.78 is 9.62. The Morgan fingerprint density at radius 2 is 1.94 bits per heavy atom. The average molecular weight is 223 g/mol. The molecule has 0 saturated carbocycles. The lowest BCUT2D eigenvalue weighted by Crippen LogP contribution is -2.26. The topological polar surface area (TPSA) is 47.6 Å². The number of rotatable bonds is 5. The van der Waals surface area contributed by atoms with Crippen LogP contribution in [0.1, 0.15) is 18.5 Å². The van der Waals surface area contributed by atoms with Crippen molar-refractivity contribution in [1.29, 1.82) is 0 Å². The summed E-state index contributed by atoms with van der Waals surface area (Å²) in [5, 5.41) is 3.07. The average Bonchev–Trinajstić information content (AvgIpc) is 2.35. The van der Waals surface area contributed by atoms with E-state index in [1.54, 1.807) is 7.11 Å². The van der Waals surface area contributed by atoms with Crippen molar-refractivity contribution in [2.75, 3.05) is 20.8 Å². The normalized spacial score (nSPS) is 11.9. The van der Waals surface area contributed by atoms with Crippen molar-refractivity contribution in [3.8, 4) is 5.75 Å². The summed E-state index contributed by atoms with van der Waals surface area (Å²) in [6, 6.07) is 7.82. The van der Waals surface area contributed by atoms with Gasteiger partial charge in [-0.3, -0.25) is 4.79 Å². The molecular formula is C12H17NO3. The van der Waals surface area contributed by atoms with Gasteiger partial charge < -0.3 is 14.8 Å². The standard InChI is InChI=1S/C12H17NO3/c1-9(13-8-12(14)16-3)10-4-6-11(15-2)7-5-10/h4-7,9,13H,8H2,1-3H3/t9-/m1/s1. The van der Waals surface area contributed by atoms with E-state index in [4.69, 9.17) is 4.74 Å². The second kappa shape index (κ2) is 6.12. The van der Waals surface area contributed by atoms with E-state index in [2.05, 4.69) is 10.1 Å². The molecule has 0 amide bonds. The van der Waals surface area contributed by atoms with Crippen molar-refractivity contribution in [2.24, 2.45) is 0 Å². The quantitative estimate of drug-likeness (QED) is 0.769. The summed E-state index contributed by atoms with van der Waals surface area (Å²) in [4.78, 5) is 10.9. The SMILES string of the molecule is COC(=O)CN[C@H](C)c1ccc(OC)cc1. The maximum Gasteiger partial charge on any atom is 0.319 e. The predicted molar refractivity (Wildman–Crippen MR) is 61.4 cm³/mol. The van der Waals surface area contributed by atoms with Gasteiger partial charge in [-0.15, -0.1) is 0 Å². The van der Waals surface area contributed by atoms with Crippen molar-refractivity contribution >= 4 is 5.97 Å². The number of benzene rings is 1. The van der Waals surface area contributed by atoms with Crippen LogP contribution in [0.15, 0.2) is 24.3 Å². The fraction of sp³-hybridized carbons (Fsp3) is 0.417. The van der Waals surface area contributed by atoms with Gasteiger partial charge in [0.25, 0.3) is 0 Å².